The molecule has 0 radical (unpaired) electrons. The molecule has 0 spiro atoms. The van der Waals surface area contributed by atoms with Gasteiger partial charge in [0, 0.05) is 22.6 Å². The molecule has 0 fully saturated rings. The zero-order valence-corrected chi connectivity index (χ0v) is 23.0. The van der Waals surface area contributed by atoms with Crippen molar-refractivity contribution in [2.45, 2.75) is 44.6 Å². The van der Waals surface area contributed by atoms with Gasteiger partial charge in [-0.05, 0) is 43.2 Å². The van der Waals surface area contributed by atoms with Gasteiger partial charge in [0.2, 0.25) is 5.91 Å². The molecule has 38 heavy (non-hydrogen) atoms. The van der Waals surface area contributed by atoms with Crippen LogP contribution in [-0.4, -0.2) is 29.7 Å². The summed E-state index contributed by atoms with van der Waals surface area (Å²) < 4.78 is 5.00. The average Bonchev–Trinajstić information content (AvgIpc) is 3.24. The summed E-state index contributed by atoms with van der Waals surface area (Å²) in [6.45, 7) is 4.13. The van der Waals surface area contributed by atoms with Crippen LogP contribution in [0.2, 0.25) is 0 Å². The Bertz CT molecular complexity index is 1480. The third-order valence-electron chi connectivity index (χ3n) is 6.48. The van der Waals surface area contributed by atoms with E-state index in [0.717, 1.165) is 35.3 Å². The van der Waals surface area contributed by atoms with Gasteiger partial charge in [-0.25, -0.2) is 9.78 Å². The Hall–Kier alpha value is -3.86. The van der Waals surface area contributed by atoms with Crippen molar-refractivity contribution in [3.8, 4) is 23.3 Å². The van der Waals surface area contributed by atoms with E-state index in [9.17, 15) is 20.1 Å². The van der Waals surface area contributed by atoms with Gasteiger partial charge in [0.25, 0.3) is 0 Å². The van der Waals surface area contributed by atoms with Gasteiger partial charge in [-0.3, -0.25) is 4.79 Å². The molecule has 194 valence electrons. The number of fused-ring (bicyclic) bond motifs is 1. The minimum Gasteiger partial charge on any atom is -0.465 e. The number of benzene rings is 1. The number of methoxy groups -OCH3 is 1. The number of ether oxygens (including phenoxy) is 1. The highest BCUT2D eigenvalue weighted by molar-refractivity contribution is 7.99. The number of aryl methyl sites for hydroxylation is 1. The first-order valence-corrected chi connectivity index (χ1v) is 13.9. The number of nitrogens with zero attached hydrogens (tertiary/aromatic N) is 3. The van der Waals surface area contributed by atoms with Crippen molar-refractivity contribution in [1.29, 1.82) is 10.5 Å². The minimum atomic E-state index is -0.443. The van der Waals surface area contributed by atoms with Crippen LogP contribution in [0, 0.1) is 35.5 Å². The third-order valence-corrected chi connectivity index (χ3v) is 8.62. The molecule has 2 heterocycles. The van der Waals surface area contributed by atoms with Gasteiger partial charge in [-0.1, -0.05) is 36.8 Å². The molecule has 1 aliphatic carbocycles. The number of pyridine rings is 1. The minimum absolute atomic E-state index is 0.0372. The molecule has 0 aliphatic heterocycles. The molecular formula is C28H27N5O3S2. The van der Waals surface area contributed by atoms with E-state index in [1.165, 1.54) is 30.2 Å². The van der Waals surface area contributed by atoms with Crippen molar-refractivity contribution >= 4 is 45.8 Å². The number of amides is 1. The number of rotatable bonds is 7. The van der Waals surface area contributed by atoms with E-state index in [-0.39, 0.29) is 29.3 Å². The number of esters is 1. The monoisotopic (exact) mass is 545 g/mol. The number of anilines is 2. The van der Waals surface area contributed by atoms with Crippen LogP contribution in [0.15, 0.2) is 29.3 Å². The molecule has 2 aromatic heterocycles. The van der Waals surface area contributed by atoms with E-state index < -0.39 is 5.97 Å². The van der Waals surface area contributed by atoms with Crippen LogP contribution in [0.4, 0.5) is 10.8 Å². The van der Waals surface area contributed by atoms with Crippen LogP contribution in [0.5, 0.6) is 0 Å². The third kappa shape index (κ3) is 5.52. The fraction of sp³-hybridized carbons (Fsp3) is 0.321. The van der Waals surface area contributed by atoms with Gasteiger partial charge in [-0.2, -0.15) is 10.5 Å². The maximum absolute atomic E-state index is 12.9. The van der Waals surface area contributed by atoms with E-state index >= 15 is 0 Å². The Kier molecular flexibility index (Phi) is 8.35. The SMILES string of the molecule is COC(=O)c1c(NC(=O)CCSc2nc(N)c(C#N)c(-c3ccc(C)cc3)c2C#N)sc2c1CCC(C)C2. The fourth-order valence-electron chi connectivity index (χ4n) is 4.50. The number of thiophene rings is 1. The molecule has 3 N–H and O–H groups in total. The van der Waals surface area contributed by atoms with Crippen molar-refractivity contribution in [2.24, 2.45) is 5.92 Å². The highest BCUT2D eigenvalue weighted by atomic mass is 32.2. The smallest absolute Gasteiger partial charge is 0.341 e. The van der Waals surface area contributed by atoms with Gasteiger partial charge >= 0.3 is 5.97 Å². The number of nitrogens with two attached hydrogens (primary N) is 1. The highest BCUT2D eigenvalue weighted by Gasteiger charge is 2.29. The van der Waals surface area contributed by atoms with E-state index in [4.69, 9.17) is 10.5 Å². The molecule has 1 aliphatic rings. The highest BCUT2D eigenvalue weighted by Crippen LogP contribution is 2.40. The summed E-state index contributed by atoms with van der Waals surface area (Å²) in [5, 5.41) is 23.4. The number of hydrogen-bond acceptors (Lipinski definition) is 9. The lowest BCUT2D eigenvalue weighted by Gasteiger charge is -2.18. The van der Waals surface area contributed by atoms with Crippen molar-refractivity contribution in [2.75, 3.05) is 23.9 Å². The summed E-state index contributed by atoms with van der Waals surface area (Å²) in [5.41, 5.74) is 10.1. The van der Waals surface area contributed by atoms with Crippen molar-refractivity contribution < 1.29 is 14.3 Å². The van der Waals surface area contributed by atoms with E-state index in [0.29, 0.717) is 38.4 Å². The van der Waals surface area contributed by atoms with Gasteiger partial charge in [0.05, 0.1) is 18.2 Å². The Balaban J connectivity index is 1.53. The summed E-state index contributed by atoms with van der Waals surface area (Å²) >= 11 is 2.66. The predicted octanol–water partition coefficient (Wildman–Crippen LogP) is 5.48. The molecule has 3 aromatic rings. The second kappa shape index (κ2) is 11.7. The molecule has 1 atom stereocenters. The Morgan fingerprint density at radius 3 is 2.61 bits per heavy atom. The fourth-order valence-corrected chi connectivity index (χ4v) is 6.85. The lowest BCUT2D eigenvalue weighted by Crippen LogP contribution is -2.16. The maximum Gasteiger partial charge on any atom is 0.341 e. The Morgan fingerprint density at radius 2 is 1.95 bits per heavy atom. The van der Waals surface area contributed by atoms with Crippen LogP contribution < -0.4 is 11.1 Å². The molecule has 4 rings (SSSR count). The molecule has 0 saturated heterocycles. The summed E-state index contributed by atoms with van der Waals surface area (Å²) in [7, 11) is 1.34. The number of thioether (sulfide) groups is 1. The van der Waals surface area contributed by atoms with Crippen LogP contribution in [0.1, 0.15) is 57.3 Å². The molecule has 0 saturated carbocycles. The quantitative estimate of drug-likeness (QED) is 0.294. The van der Waals surface area contributed by atoms with Crippen LogP contribution in [-0.2, 0) is 22.4 Å². The zero-order valence-electron chi connectivity index (χ0n) is 21.4. The number of nitrogen functional groups attached to an aromatic ring is 1. The lowest BCUT2D eigenvalue weighted by molar-refractivity contribution is -0.115. The summed E-state index contributed by atoms with van der Waals surface area (Å²) in [5.74, 6) is 0.185. The molecule has 1 unspecified atom stereocenters. The molecule has 1 aromatic carbocycles. The molecule has 0 bridgehead atoms. The van der Waals surface area contributed by atoms with Crippen molar-refractivity contribution in [3.05, 3.63) is 57.0 Å². The summed E-state index contributed by atoms with van der Waals surface area (Å²) in [6.07, 6.45) is 2.78. The molecule has 8 nitrogen and oxygen atoms in total. The van der Waals surface area contributed by atoms with Crippen LogP contribution in [0.25, 0.3) is 11.1 Å². The first kappa shape index (κ1) is 27.2. The molecule has 1 amide bonds. The first-order valence-electron chi connectivity index (χ1n) is 12.1. The topological polar surface area (TPSA) is 142 Å². The van der Waals surface area contributed by atoms with E-state index in [2.05, 4.69) is 29.4 Å². The number of hydrogen-bond donors (Lipinski definition) is 2. The first-order chi connectivity index (χ1) is 18.3. The van der Waals surface area contributed by atoms with Crippen molar-refractivity contribution in [1.82, 2.24) is 4.98 Å². The van der Waals surface area contributed by atoms with Crippen molar-refractivity contribution in [3.63, 3.8) is 0 Å². The number of nitriles is 2. The second-order valence-corrected chi connectivity index (χ2v) is 11.4. The summed E-state index contributed by atoms with van der Waals surface area (Å²) in [6, 6.07) is 11.7. The molecule has 10 heteroatoms. The number of carbonyl (C=O) groups is 2. The van der Waals surface area contributed by atoms with Gasteiger partial charge in [0.15, 0.2) is 0 Å². The Labute approximate surface area is 229 Å². The van der Waals surface area contributed by atoms with E-state index in [1.807, 2.05) is 31.2 Å². The normalized spacial score (nSPS) is 14.2. The zero-order chi connectivity index (χ0) is 27.4. The predicted molar refractivity (Wildman–Crippen MR) is 149 cm³/mol. The largest absolute Gasteiger partial charge is 0.465 e. The van der Waals surface area contributed by atoms with Gasteiger partial charge in [-0.15, -0.1) is 23.1 Å². The summed E-state index contributed by atoms with van der Waals surface area (Å²) in [4.78, 5) is 30.8. The second-order valence-electron chi connectivity index (χ2n) is 9.21. The molecular weight excluding hydrogens is 518 g/mol. The Morgan fingerprint density at radius 1 is 1.24 bits per heavy atom. The maximum atomic E-state index is 12.9. The van der Waals surface area contributed by atoms with Gasteiger partial charge in [0.1, 0.15) is 33.5 Å². The lowest BCUT2D eigenvalue weighted by atomic mass is 9.88. The van der Waals surface area contributed by atoms with E-state index in [1.54, 1.807) is 0 Å². The number of nitrogens with one attached hydrogen (secondary N) is 1. The average molecular weight is 546 g/mol. The van der Waals surface area contributed by atoms with Crippen LogP contribution >= 0.6 is 23.1 Å². The van der Waals surface area contributed by atoms with Crippen LogP contribution in [0.3, 0.4) is 0 Å². The van der Waals surface area contributed by atoms with Gasteiger partial charge < -0.3 is 15.8 Å². The number of carbonyl (C=O) groups excluding carboxylic acids is 2. The number of aromatic nitrogens is 1. The standard InChI is InChI=1S/C28H27N5O3S2/c1-15-4-7-17(8-5-15)23-19(13-29)25(31)33-26(20(23)14-30)37-11-10-22(34)32-27-24(28(35)36-3)18-9-6-16(2)12-21(18)38-27/h4-5,7-8,16H,6,9-12H2,1-3H3,(H2,31,33)(H,32,34).